The van der Waals surface area contributed by atoms with Crippen LogP contribution < -0.4 is 5.73 Å². The first-order chi connectivity index (χ1) is 11.3. The highest BCUT2D eigenvalue weighted by Gasteiger charge is 2.30. The molecule has 2 aromatic rings. The SMILES string of the molecule is Nc1cc(-c2ccc(C(F)(F)F)cc2)cc2c1CCN(C(=O)O)C2. The van der Waals surface area contributed by atoms with Gasteiger partial charge in [0, 0.05) is 18.8 Å². The zero-order valence-corrected chi connectivity index (χ0v) is 12.6. The van der Waals surface area contributed by atoms with Gasteiger partial charge in [-0.15, -0.1) is 0 Å². The summed E-state index contributed by atoms with van der Waals surface area (Å²) in [6.45, 7) is 0.607. The number of carboxylic acid groups (broad SMARTS) is 1. The van der Waals surface area contributed by atoms with Crippen LogP contribution in [0.5, 0.6) is 0 Å². The number of nitrogen functional groups attached to an aromatic ring is 1. The summed E-state index contributed by atoms with van der Waals surface area (Å²) in [7, 11) is 0. The average molecular weight is 336 g/mol. The van der Waals surface area contributed by atoms with Crippen LogP contribution in [0.15, 0.2) is 36.4 Å². The fraction of sp³-hybridized carbons (Fsp3) is 0.235. The van der Waals surface area contributed by atoms with Crippen molar-refractivity contribution in [3.05, 3.63) is 53.1 Å². The number of amides is 1. The molecule has 126 valence electrons. The quantitative estimate of drug-likeness (QED) is 0.774. The number of nitrogens with zero attached hydrogens (tertiary/aromatic N) is 1. The maximum Gasteiger partial charge on any atom is 0.416 e. The van der Waals surface area contributed by atoms with Crippen molar-refractivity contribution in [3.63, 3.8) is 0 Å². The predicted octanol–water partition coefficient (Wildman–Crippen LogP) is 3.99. The lowest BCUT2D eigenvalue weighted by molar-refractivity contribution is -0.137. The monoisotopic (exact) mass is 336 g/mol. The summed E-state index contributed by atoms with van der Waals surface area (Å²) >= 11 is 0. The molecule has 1 amide bonds. The first kappa shape index (κ1) is 16.2. The standard InChI is InChI=1S/C17H15F3N2O2/c18-17(19,20)13-3-1-10(2-4-13)11-7-12-9-22(16(23)24)6-5-14(12)15(21)8-11/h1-4,7-8H,5-6,9,21H2,(H,23,24). The lowest BCUT2D eigenvalue weighted by Gasteiger charge is -2.28. The molecule has 0 saturated heterocycles. The molecule has 1 heterocycles. The molecular formula is C17H15F3N2O2. The van der Waals surface area contributed by atoms with Gasteiger partial charge in [-0.2, -0.15) is 13.2 Å². The van der Waals surface area contributed by atoms with E-state index in [1.165, 1.54) is 17.0 Å². The third kappa shape index (κ3) is 3.02. The molecule has 0 bridgehead atoms. The second-order valence-electron chi connectivity index (χ2n) is 5.73. The Bertz CT molecular complexity index is 786. The van der Waals surface area contributed by atoms with Crippen LogP contribution in [0, 0.1) is 0 Å². The number of halogens is 3. The number of alkyl halides is 3. The van der Waals surface area contributed by atoms with Crippen LogP contribution in [0.2, 0.25) is 0 Å². The summed E-state index contributed by atoms with van der Waals surface area (Å²) in [4.78, 5) is 12.4. The highest BCUT2D eigenvalue weighted by Crippen LogP contribution is 2.34. The lowest BCUT2D eigenvalue weighted by Crippen LogP contribution is -2.35. The first-order valence-corrected chi connectivity index (χ1v) is 7.32. The molecule has 0 atom stereocenters. The Morgan fingerprint density at radius 1 is 1.12 bits per heavy atom. The molecule has 0 spiro atoms. The summed E-state index contributed by atoms with van der Waals surface area (Å²) in [6, 6.07) is 8.34. The van der Waals surface area contributed by atoms with Crippen molar-refractivity contribution in [2.75, 3.05) is 12.3 Å². The molecule has 3 rings (SSSR count). The van der Waals surface area contributed by atoms with Crippen molar-refractivity contribution in [1.82, 2.24) is 4.90 Å². The van der Waals surface area contributed by atoms with Gasteiger partial charge in [0.2, 0.25) is 0 Å². The molecule has 0 unspecified atom stereocenters. The normalized spacial score (nSPS) is 14.4. The summed E-state index contributed by atoms with van der Waals surface area (Å²) in [5.74, 6) is 0. The van der Waals surface area contributed by atoms with Crippen molar-refractivity contribution < 1.29 is 23.1 Å². The van der Waals surface area contributed by atoms with Crippen molar-refractivity contribution in [1.29, 1.82) is 0 Å². The smallest absolute Gasteiger partial charge is 0.416 e. The zero-order chi connectivity index (χ0) is 17.5. The van der Waals surface area contributed by atoms with E-state index in [9.17, 15) is 18.0 Å². The first-order valence-electron chi connectivity index (χ1n) is 7.32. The van der Waals surface area contributed by atoms with E-state index in [-0.39, 0.29) is 6.54 Å². The van der Waals surface area contributed by atoms with Gasteiger partial charge in [-0.3, -0.25) is 0 Å². The van der Waals surface area contributed by atoms with E-state index in [1.807, 2.05) is 0 Å². The van der Waals surface area contributed by atoms with Crippen molar-refractivity contribution in [2.24, 2.45) is 0 Å². The van der Waals surface area contributed by atoms with Crippen LogP contribution in [0.25, 0.3) is 11.1 Å². The van der Waals surface area contributed by atoms with E-state index >= 15 is 0 Å². The van der Waals surface area contributed by atoms with Gasteiger partial charge in [0.05, 0.1) is 5.56 Å². The molecule has 2 aromatic carbocycles. The number of carbonyl (C=O) groups is 1. The molecule has 0 saturated carbocycles. The minimum atomic E-state index is -4.38. The van der Waals surface area contributed by atoms with Crippen molar-refractivity contribution >= 4 is 11.8 Å². The van der Waals surface area contributed by atoms with Crippen LogP contribution in [-0.4, -0.2) is 22.6 Å². The van der Waals surface area contributed by atoms with Crippen LogP contribution in [0.1, 0.15) is 16.7 Å². The molecule has 1 aliphatic rings. The van der Waals surface area contributed by atoms with E-state index in [0.717, 1.165) is 23.3 Å². The van der Waals surface area contributed by atoms with Gasteiger partial charge >= 0.3 is 12.3 Å². The molecule has 3 N–H and O–H groups in total. The fourth-order valence-corrected chi connectivity index (χ4v) is 2.92. The molecule has 24 heavy (non-hydrogen) atoms. The fourth-order valence-electron chi connectivity index (χ4n) is 2.92. The summed E-state index contributed by atoms with van der Waals surface area (Å²) in [6.07, 6.45) is -4.85. The molecule has 0 aliphatic carbocycles. The number of rotatable bonds is 1. The number of anilines is 1. The Morgan fingerprint density at radius 3 is 2.38 bits per heavy atom. The maximum atomic E-state index is 12.6. The van der Waals surface area contributed by atoms with E-state index in [0.29, 0.717) is 29.8 Å². The molecule has 0 fully saturated rings. The van der Waals surface area contributed by atoms with E-state index in [2.05, 4.69) is 0 Å². The highest BCUT2D eigenvalue weighted by atomic mass is 19.4. The Labute approximate surface area is 136 Å². The molecule has 7 heteroatoms. The van der Waals surface area contributed by atoms with Gasteiger partial charge < -0.3 is 15.7 Å². The molecular weight excluding hydrogens is 321 g/mol. The third-order valence-corrected chi connectivity index (χ3v) is 4.19. The van der Waals surface area contributed by atoms with E-state index in [4.69, 9.17) is 10.8 Å². The predicted molar refractivity (Wildman–Crippen MR) is 83.4 cm³/mol. The average Bonchev–Trinajstić information content (AvgIpc) is 2.53. The maximum absolute atomic E-state index is 12.6. The topological polar surface area (TPSA) is 66.6 Å². The molecule has 4 nitrogen and oxygen atoms in total. The Kier molecular flexibility index (Phi) is 3.87. The molecule has 0 aromatic heterocycles. The highest BCUT2D eigenvalue weighted by molar-refractivity contribution is 5.73. The second kappa shape index (κ2) is 5.74. The Morgan fingerprint density at radius 2 is 1.79 bits per heavy atom. The largest absolute Gasteiger partial charge is 0.465 e. The minimum Gasteiger partial charge on any atom is -0.465 e. The Balaban J connectivity index is 1.97. The number of hydrogen-bond donors (Lipinski definition) is 2. The van der Waals surface area contributed by atoms with Gasteiger partial charge in [-0.25, -0.2) is 4.79 Å². The lowest BCUT2D eigenvalue weighted by atomic mass is 9.93. The number of hydrogen-bond acceptors (Lipinski definition) is 2. The zero-order valence-electron chi connectivity index (χ0n) is 12.6. The van der Waals surface area contributed by atoms with E-state index < -0.39 is 17.8 Å². The van der Waals surface area contributed by atoms with Crippen LogP contribution >= 0.6 is 0 Å². The number of fused-ring (bicyclic) bond motifs is 1. The molecule has 0 radical (unpaired) electrons. The van der Waals surface area contributed by atoms with Gasteiger partial charge in [0.25, 0.3) is 0 Å². The van der Waals surface area contributed by atoms with E-state index in [1.54, 1.807) is 12.1 Å². The van der Waals surface area contributed by atoms with Gasteiger partial charge in [-0.05, 0) is 52.9 Å². The van der Waals surface area contributed by atoms with Crippen LogP contribution in [0.4, 0.5) is 23.7 Å². The minimum absolute atomic E-state index is 0.226. The van der Waals surface area contributed by atoms with Gasteiger partial charge in [0.1, 0.15) is 0 Å². The number of benzene rings is 2. The summed E-state index contributed by atoms with van der Waals surface area (Å²) in [5, 5.41) is 9.11. The molecule has 1 aliphatic heterocycles. The van der Waals surface area contributed by atoms with Crippen molar-refractivity contribution in [2.45, 2.75) is 19.1 Å². The van der Waals surface area contributed by atoms with Crippen LogP contribution in [-0.2, 0) is 19.1 Å². The summed E-state index contributed by atoms with van der Waals surface area (Å²) < 4.78 is 37.9. The number of nitrogens with two attached hydrogens (primary N) is 1. The van der Waals surface area contributed by atoms with Crippen molar-refractivity contribution in [3.8, 4) is 11.1 Å². The third-order valence-electron chi connectivity index (χ3n) is 4.19. The second-order valence-corrected chi connectivity index (χ2v) is 5.73. The summed E-state index contributed by atoms with van der Waals surface area (Å²) in [5.41, 5.74) is 8.85. The van der Waals surface area contributed by atoms with Gasteiger partial charge in [0.15, 0.2) is 0 Å². The van der Waals surface area contributed by atoms with Crippen LogP contribution in [0.3, 0.4) is 0 Å². The van der Waals surface area contributed by atoms with Gasteiger partial charge in [-0.1, -0.05) is 12.1 Å². The Hall–Kier alpha value is -2.70.